The highest BCUT2D eigenvalue weighted by Crippen LogP contribution is 2.26. The number of aliphatic hydroxyl groups excluding tert-OH is 3. The van der Waals surface area contributed by atoms with Gasteiger partial charge in [0.05, 0.1) is 19.8 Å². The van der Waals surface area contributed by atoms with Crippen LogP contribution in [0.4, 0.5) is 0 Å². The SMILES string of the molecule is CC/C=C\C/C=C\C/C=C\C/C=C\C/C=C\C/C=C\CCCCC(=O)OC(COCCCCCCCC/C=C\CCCCCCC)COC1OC(CO)C(O)C(OS(=O)(=O)O)C1O. The van der Waals surface area contributed by atoms with Gasteiger partial charge in [-0.2, -0.15) is 8.42 Å². The van der Waals surface area contributed by atoms with E-state index in [-0.39, 0.29) is 19.6 Å². The molecule has 1 aliphatic heterocycles. The Labute approximate surface area is 381 Å². The van der Waals surface area contributed by atoms with Gasteiger partial charge in [-0.25, -0.2) is 4.18 Å². The molecule has 0 aliphatic carbocycles. The fourth-order valence-corrected chi connectivity index (χ4v) is 7.18. The van der Waals surface area contributed by atoms with Gasteiger partial charge >= 0.3 is 16.4 Å². The zero-order valence-electron chi connectivity index (χ0n) is 38.6. The van der Waals surface area contributed by atoms with E-state index in [1.165, 1.54) is 51.4 Å². The molecule has 1 fully saturated rings. The minimum absolute atomic E-state index is 0.00896. The monoisotopic (exact) mass is 909 g/mol. The molecule has 1 aliphatic rings. The molecule has 0 aromatic heterocycles. The Morgan fingerprint density at radius 3 is 1.62 bits per heavy atom. The van der Waals surface area contributed by atoms with Gasteiger partial charge in [0.15, 0.2) is 6.29 Å². The standard InChI is InChI=1S/C50H84O12S/c1-3-5-7-9-11-13-15-17-19-20-21-22-23-24-25-27-29-31-33-35-37-39-46(52)60-44(43-59-50-48(54)49(62-63(55,56)57)47(53)45(41-51)61-50)42-58-40-38-36-34-32-30-28-26-18-16-14-12-10-8-6-4-2/h5,7,11,13,16-19,21-22,24-25,29,31,44-45,47-51,53-54H,3-4,6,8-10,12,14-15,20,23,26-28,30,32-43H2,1-2H3,(H,55,56,57)/b7-5-,13-11-,18-16-,19-17-,22-21-,25-24-,31-29-. The number of carbonyl (C=O) groups excluding carboxylic acids is 1. The van der Waals surface area contributed by atoms with Crippen LogP contribution < -0.4 is 0 Å². The zero-order chi connectivity index (χ0) is 46.1. The summed E-state index contributed by atoms with van der Waals surface area (Å²) < 4.78 is 59.1. The molecule has 0 aromatic rings. The molecular weight excluding hydrogens is 825 g/mol. The highest BCUT2D eigenvalue weighted by atomic mass is 32.3. The number of rotatable bonds is 40. The van der Waals surface area contributed by atoms with Crippen LogP contribution in [0.1, 0.15) is 162 Å². The maximum Gasteiger partial charge on any atom is 0.397 e. The number of ether oxygens (including phenoxy) is 4. The van der Waals surface area contributed by atoms with E-state index < -0.39 is 59.8 Å². The van der Waals surface area contributed by atoms with E-state index >= 15 is 0 Å². The zero-order valence-corrected chi connectivity index (χ0v) is 39.4. The molecule has 0 amide bonds. The number of aliphatic hydroxyl groups is 3. The molecule has 1 rings (SSSR count). The van der Waals surface area contributed by atoms with Crippen LogP contribution in [0.3, 0.4) is 0 Å². The lowest BCUT2D eigenvalue weighted by Crippen LogP contribution is -2.60. The molecule has 0 spiro atoms. The van der Waals surface area contributed by atoms with Crippen molar-refractivity contribution in [3.05, 3.63) is 85.1 Å². The largest absolute Gasteiger partial charge is 0.457 e. The Morgan fingerprint density at radius 1 is 0.619 bits per heavy atom. The van der Waals surface area contributed by atoms with Crippen LogP contribution in [0.15, 0.2) is 85.1 Å². The van der Waals surface area contributed by atoms with E-state index in [0.717, 1.165) is 83.5 Å². The molecule has 12 nitrogen and oxygen atoms in total. The molecule has 6 atom stereocenters. The summed E-state index contributed by atoms with van der Waals surface area (Å²) in [6.07, 6.45) is 44.7. The predicted octanol–water partition coefficient (Wildman–Crippen LogP) is 10.5. The van der Waals surface area contributed by atoms with Crippen LogP contribution in [-0.4, -0.2) is 97.5 Å². The molecule has 6 unspecified atom stereocenters. The van der Waals surface area contributed by atoms with Crippen LogP contribution in [0.2, 0.25) is 0 Å². The maximum atomic E-state index is 12.9. The number of unbranched alkanes of at least 4 members (excludes halogenated alkanes) is 13. The number of hydrogen-bond acceptors (Lipinski definition) is 11. The van der Waals surface area contributed by atoms with Gasteiger partial charge in [0.25, 0.3) is 0 Å². The van der Waals surface area contributed by atoms with Crippen LogP contribution in [-0.2, 0) is 38.3 Å². The molecular formula is C50H84O12S. The lowest BCUT2D eigenvalue weighted by atomic mass is 9.99. The van der Waals surface area contributed by atoms with Crippen LogP contribution in [0.5, 0.6) is 0 Å². The number of hydrogen-bond donors (Lipinski definition) is 4. The minimum Gasteiger partial charge on any atom is -0.457 e. The van der Waals surface area contributed by atoms with Gasteiger partial charge in [0, 0.05) is 13.0 Å². The number of esters is 1. The fourth-order valence-electron chi connectivity index (χ4n) is 6.67. The highest BCUT2D eigenvalue weighted by molar-refractivity contribution is 7.80. The van der Waals surface area contributed by atoms with Gasteiger partial charge in [0.1, 0.15) is 30.5 Å². The second-order valence-corrected chi connectivity index (χ2v) is 17.0. The van der Waals surface area contributed by atoms with Crippen molar-refractivity contribution < 1.29 is 56.2 Å². The predicted molar refractivity (Wildman–Crippen MR) is 252 cm³/mol. The normalized spacial score (nSPS) is 20.6. The first kappa shape index (κ1) is 58.3. The van der Waals surface area contributed by atoms with Gasteiger partial charge < -0.3 is 34.3 Å². The Bertz CT molecular complexity index is 1420. The van der Waals surface area contributed by atoms with Crippen molar-refractivity contribution in [3.8, 4) is 0 Å². The van der Waals surface area contributed by atoms with Gasteiger partial charge in [-0.05, 0) is 89.9 Å². The molecule has 0 saturated carbocycles. The van der Waals surface area contributed by atoms with E-state index in [1.54, 1.807) is 0 Å². The van der Waals surface area contributed by atoms with Gasteiger partial charge in [0.2, 0.25) is 0 Å². The Kier molecular flexibility index (Phi) is 37.7. The summed E-state index contributed by atoms with van der Waals surface area (Å²) >= 11 is 0. The molecule has 362 valence electrons. The van der Waals surface area contributed by atoms with Crippen molar-refractivity contribution in [2.75, 3.05) is 26.4 Å². The summed E-state index contributed by atoms with van der Waals surface area (Å²) in [6, 6.07) is 0. The van der Waals surface area contributed by atoms with Gasteiger partial charge in [-0.15, -0.1) is 0 Å². The van der Waals surface area contributed by atoms with Gasteiger partial charge in [-0.1, -0.05) is 150 Å². The fraction of sp³-hybridized carbons (Fsp3) is 0.700. The molecule has 1 heterocycles. The Balaban J connectivity index is 2.46. The first-order valence-electron chi connectivity index (χ1n) is 23.8. The van der Waals surface area contributed by atoms with E-state index in [4.69, 9.17) is 18.9 Å². The van der Waals surface area contributed by atoms with E-state index in [1.807, 2.05) is 0 Å². The van der Waals surface area contributed by atoms with E-state index in [9.17, 15) is 33.1 Å². The lowest BCUT2D eigenvalue weighted by molar-refractivity contribution is -0.301. The molecule has 63 heavy (non-hydrogen) atoms. The third-order valence-electron chi connectivity index (χ3n) is 10.3. The third-order valence-corrected chi connectivity index (χ3v) is 10.7. The van der Waals surface area contributed by atoms with Crippen molar-refractivity contribution in [2.24, 2.45) is 0 Å². The number of allylic oxidation sites excluding steroid dienone is 14. The molecule has 0 radical (unpaired) electrons. The van der Waals surface area contributed by atoms with Crippen molar-refractivity contribution in [1.82, 2.24) is 0 Å². The van der Waals surface area contributed by atoms with Crippen molar-refractivity contribution in [1.29, 1.82) is 0 Å². The van der Waals surface area contributed by atoms with E-state index in [0.29, 0.717) is 13.0 Å². The second-order valence-electron chi connectivity index (χ2n) is 16.0. The first-order valence-corrected chi connectivity index (χ1v) is 25.2. The molecule has 0 bridgehead atoms. The summed E-state index contributed by atoms with van der Waals surface area (Å²) in [5.41, 5.74) is 0. The van der Waals surface area contributed by atoms with Crippen LogP contribution >= 0.6 is 0 Å². The maximum absolute atomic E-state index is 12.9. The van der Waals surface area contributed by atoms with Crippen LogP contribution in [0.25, 0.3) is 0 Å². The quantitative estimate of drug-likeness (QED) is 0.0198. The topological polar surface area (TPSA) is 178 Å². The smallest absolute Gasteiger partial charge is 0.397 e. The number of carbonyl (C=O) groups is 1. The average Bonchev–Trinajstić information content (AvgIpc) is 3.26. The molecule has 13 heteroatoms. The van der Waals surface area contributed by atoms with Crippen molar-refractivity contribution >= 4 is 16.4 Å². The summed E-state index contributed by atoms with van der Waals surface area (Å²) in [5, 5.41) is 30.7. The average molecular weight is 909 g/mol. The van der Waals surface area contributed by atoms with E-state index in [2.05, 4.69) is 103 Å². The van der Waals surface area contributed by atoms with Crippen molar-refractivity contribution in [3.63, 3.8) is 0 Å². The minimum atomic E-state index is -5.07. The molecule has 4 N–H and O–H groups in total. The van der Waals surface area contributed by atoms with Crippen LogP contribution in [0, 0.1) is 0 Å². The summed E-state index contributed by atoms with van der Waals surface area (Å²) in [4.78, 5) is 12.9. The lowest BCUT2D eigenvalue weighted by Gasteiger charge is -2.41. The Hall–Kier alpha value is -2.72. The molecule has 1 saturated heterocycles. The molecule has 0 aromatic carbocycles. The highest BCUT2D eigenvalue weighted by Gasteiger charge is 2.48. The first-order chi connectivity index (χ1) is 30.6. The second kappa shape index (κ2) is 40.8. The third kappa shape index (κ3) is 34.3. The summed E-state index contributed by atoms with van der Waals surface area (Å²) in [5.74, 6) is -0.446. The Morgan fingerprint density at radius 2 is 1.10 bits per heavy atom. The van der Waals surface area contributed by atoms with Gasteiger partial charge in [-0.3, -0.25) is 9.35 Å². The summed E-state index contributed by atoms with van der Waals surface area (Å²) in [6.45, 7) is 3.78. The summed E-state index contributed by atoms with van der Waals surface area (Å²) in [7, 11) is -5.07. The van der Waals surface area contributed by atoms with Crippen molar-refractivity contribution in [2.45, 2.75) is 198 Å².